The summed E-state index contributed by atoms with van der Waals surface area (Å²) in [6, 6.07) is 14.5. The molecule has 0 aliphatic rings. The van der Waals surface area contributed by atoms with Crippen molar-refractivity contribution in [3.63, 3.8) is 0 Å². The molecule has 2 aromatic carbocycles. The molecule has 126 valence electrons. The normalized spacial score (nSPS) is 10.4. The van der Waals surface area contributed by atoms with Gasteiger partial charge in [-0.15, -0.1) is 0 Å². The minimum absolute atomic E-state index is 0.326. The van der Waals surface area contributed by atoms with Crippen LogP contribution >= 0.6 is 11.6 Å². The zero-order valence-electron chi connectivity index (χ0n) is 13.4. The van der Waals surface area contributed by atoms with Crippen molar-refractivity contribution in [1.29, 1.82) is 0 Å². The Morgan fingerprint density at radius 2 is 1.76 bits per heavy atom. The number of halogens is 2. The van der Waals surface area contributed by atoms with Crippen LogP contribution in [0.15, 0.2) is 60.8 Å². The number of nitrogens with one attached hydrogen (secondary N) is 2. The molecule has 3 aromatic rings. The highest BCUT2D eigenvalue weighted by molar-refractivity contribution is 6.31. The zero-order chi connectivity index (χ0) is 17.8. The smallest absolute Gasteiger partial charge is 0.255 e. The first-order chi connectivity index (χ1) is 12.0. The van der Waals surface area contributed by atoms with Gasteiger partial charge in [0.1, 0.15) is 11.6 Å². The van der Waals surface area contributed by atoms with Crippen LogP contribution in [-0.4, -0.2) is 10.9 Å². The minimum Gasteiger partial charge on any atom is -0.340 e. The van der Waals surface area contributed by atoms with E-state index in [9.17, 15) is 9.18 Å². The summed E-state index contributed by atoms with van der Waals surface area (Å²) >= 11 is 6.10. The zero-order valence-corrected chi connectivity index (χ0v) is 14.1. The SMILES string of the molecule is Cc1ccc(Nc2ccc(NC(=O)c3ccc(F)cc3)cn2)cc1Cl. The summed E-state index contributed by atoms with van der Waals surface area (Å²) in [4.78, 5) is 16.3. The average molecular weight is 356 g/mol. The molecule has 0 saturated heterocycles. The molecule has 0 bridgehead atoms. The molecule has 3 rings (SSSR count). The quantitative estimate of drug-likeness (QED) is 0.678. The minimum atomic E-state index is -0.384. The van der Waals surface area contributed by atoms with Crippen molar-refractivity contribution in [3.8, 4) is 0 Å². The molecule has 0 aliphatic carbocycles. The van der Waals surface area contributed by atoms with Crippen molar-refractivity contribution >= 4 is 34.7 Å². The maximum atomic E-state index is 12.9. The molecule has 1 aromatic heterocycles. The van der Waals surface area contributed by atoms with Gasteiger partial charge >= 0.3 is 0 Å². The van der Waals surface area contributed by atoms with Crippen molar-refractivity contribution in [2.45, 2.75) is 6.92 Å². The van der Waals surface area contributed by atoms with Crippen LogP contribution < -0.4 is 10.6 Å². The summed E-state index contributed by atoms with van der Waals surface area (Å²) in [7, 11) is 0. The fourth-order valence-corrected chi connectivity index (χ4v) is 2.35. The molecule has 6 heteroatoms. The molecule has 0 unspecified atom stereocenters. The molecule has 25 heavy (non-hydrogen) atoms. The summed E-state index contributed by atoms with van der Waals surface area (Å²) in [5.41, 5.74) is 2.74. The van der Waals surface area contributed by atoms with E-state index in [1.807, 2.05) is 25.1 Å². The van der Waals surface area contributed by atoms with Crippen molar-refractivity contribution < 1.29 is 9.18 Å². The number of amides is 1. The average Bonchev–Trinajstić information content (AvgIpc) is 2.60. The Morgan fingerprint density at radius 1 is 1.04 bits per heavy atom. The van der Waals surface area contributed by atoms with Gasteiger partial charge in [-0.3, -0.25) is 4.79 Å². The highest BCUT2D eigenvalue weighted by atomic mass is 35.5. The Labute approximate surface area is 149 Å². The van der Waals surface area contributed by atoms with Gasteiger partial charge in [0.15, 0.2) is 0 Å². The molecule has 0 spiro atoms. The van der Waals surface area contributed by atoms with Crippen molar-refractivity contribution in [2.75, 3.05) is 10.6 Å². The van der Waals surface area contributed by atoms with E-state index in [1.54, 1.807) is 18.3 Å². The number of carbonyl (C=O) groups is 1. The standard InChI is InChI=1S/C19H15ClFN3O/c1-12-2-7-15(10-17(12)20)23-18-9-8-16(11-22-18)24-19(25)13-3-5-14(21)6-4-13/h2-11H,1H3,(H,22,23)(H,24,25). The van der Waals surface area contributed by atoms with Gasteiger partial charge in [-0.1, -0.05) is 17.7 Å². The largest absolute Gasteiger partial charge is 0.340 e. The maximum absolute atomic E-state index is 12.9. The van der Waals surface area contributed by atoms with Gasteiger partial charge in [-0.2, -0.15) is 0 Å². The van der Waals surface area contributed by atoms with Gasteiger partial charge in [0, 0.05) is 16.3 Å². The van der Waals surface area contributed by atoms with Crippen LogP contribution in [0.5, 0.6) is 0 Å². The maximum Gasteiger partial charge on any atom is 0.255 e. The third-order valence-corrected chi connectivity index (χ3v) is 3.98. The Morgan fingerprint density at radius 3 is 2.40 bits per heavy atom. The van der Waals surface area contributed by atoms with Crippen LogP contribution in [-0.2, 0) is 0 Å². The molecule has 0 atom stereocenters. The van der Waals surface area contributed by atoms with Gasteiger partial charge in [-0.25, -0.2) is 9.37 Å². The second-order valence-corrected chi connectivity index (χ2v) is 5.89. The van der Waals surface area contributed by atoms with Crippen LogP contribution in [0.1, 0.15) is 15.9 Å². The summed E-state index contributed by atoms with van der Waals surface area (Å²) in [5.74, 6) is -0.0858. The lowest BCUT2D eigenvalue weighted by molar-refractivity contribution is 0.102. The van der Waals surface area contributed by atoms with E-state index in [2.05, 4.69) is 15.6 Å². The predicted molar refractivity (Wildman–Crippen MR) is 98.1 cm³/mol. The van der Waals surface area contributed by atoms with Gasteiger partial charge in [0.05, 0.1) is 11.9 Å². The first-order valence-electron chi connectivity index (χ1n) is 7.57. The number of pyridine rings is 1. The monoisotopic (exact) mass is 355 g/mol. The van der Waals surface area contributed by atoms with Crippen LogP contribution in [0, 0.1) is 12.7 Å². The highest BCUT2D eigenvalue weighted by Crippen LogP contribution is 2.23. The molecule has 1 amide bonds. The van der Waals surface area contributed by atoms with Crippen LogP contribution in [0.25, 0.3) is 0 Å². The highest BCUT2D eigenvalue weighted by Gasteiger charge is 2.07. The molecule has 2 N–H and O–H groups in total. The Hall–Kier alpha value is -2.92. The van der Waals surface area contributed by atoms with E-state index in [-0.39, 0.29) is 11.7 Å². The Balaban J connectivity index is 1.66. The second-order valence-electron chi connectivity index (χ2n) is 5.48. The van der Waals surface area contributed by atoms with Crippen LogP contribution in [0.2, 0.25) is 5.02 Å². The molecule has 0 radical (unpaired) electrons. The lowest BCUT2D eigenvalue weighted by atomic mass is 10.2. The lowest BCUT2D eigenvalue weighted by Crippen LogP contribution is -2.12. The van der Waals surface area contributed by atoms with Crippen LogP contribution in [0.4, 0.5) is 21.6 Å². The molecule has 0 fully saturated rings. The van der Waals surface area contributed by atoms with Gasteiger partial charge in [0.25, 0.3) is 5.91 Å². The van der Waals surface area contributed by atoms with Crippen molar-refractivity contribution in [2.24, 2.45) is 0 Å². The van der Waals surface area contributed by atoms with Crippen molar-refractivity contribution in [3.05, 3.63) is 82.8 Å². The lowest BCUT2D eigenvalue weighted by Gasteiger charge is -2.09. The number of rotatable bonds is 4. The predicted octanol–water partition coefficient (Wildman–Crippen LogP) is 5.18. The third kappa shape index (κ3) is 4.33. The van der Waals surface area contributed by atoms with Crippen LogP contribution in [0.3, 0.4) is 0 Å². The van der Waals surface area contributed by atoms with Gasteiger partial charge in [-0.05, 0) is 61.0 Å². The fourth-order valence-electron chi connectivity index (χ4n) is 2.16. The first kappa shape index (κ1) is 16.9. The van der Waals surface area contributed by atoms with Gasteiger partial charge < -0.3 is 10.6 Å². The first-order valence-corrected chi connectivity index (χ1v) is 7.95. The molecule has 0 aliphatic heterocycles. The van der Waals surface area contributed by atoms with E-state index in [4.69, 9.17) is 11.6 Å². The Bertz CT molecular complexity index is 896. The molecular formula is C19H15ClFN3O. The van der Waals surface area contributed by atoms with E-state index >= 15 is 0 Å². The molecule has 4 nitrogen and oxygen atoms in total. The fraction of sp³-hybridized carbons (Fsp3) is 0.0526. The number of aromatic nitrogens is 1. The second kappa shape index (κ2) is 7.32. The van der Waals surface area contributed by atoms with E-state index < -0.39 is 0 Å². The summed E-state index contributed by atoms with van der Waals surface area (Å²) in [5, 5.41) is 6.53. The molecule has 0 saturated carbocycles. The number of aryl methyl sites for hydroxylation is 1. The summed E-state index contributed by atoms with van der Waals surface area (Å²) in [6.45, 7) is 1.93. The topological polar surface area (TPSA) is 54.0 Å². The Kier molecular flexibility index (Phi) is 4.95. The summed E-state index contributed by atoms with van der Waals surface area (Å²) in [6.07, 6.45) is 1.54. The number of carbonyl (C=O) groups excluding carboxylic acids is 1. The number of benzene rings is 2. The summed E-state index contributed by atoms with van der Waals surface area (Å²) < 4.78 is 12.9. The number of nitrogens with zero attached hydrogens (tertiary/aromatic N) is 1. The number of hydrogen-bond donors (Lipinski definition) is 2. The van der Waals surface area contributed by atoms with E-state index in [0.717, 1.165) is 11.3 Å². The van der Waals surface area contributed by atoms with Crippen molar-refractivity contribution in [1.82, 2.24) is 4.98 Å². The van der Waals surface area contributed by atoms with E-state index in [0.29, 0.717) is 22.1 Å². The number of anilines is 3. The number of hydrogen-bond acceptors (Lipinski definition) is 3. The third-order valence-electron chi connectivity index (χ3n) is 3.57. The molecular weight excluding hydrogens is 341 g/mol. The van der Waals surface area contributed by atoms with E-state index in [1.165, 1.54) is 24.3 Å². The molecule has 1 heterocycles. The van der Waals surface area contributed by atoms with Gasteiger partial charge in [0.2, 0.25) is 0 Å².